The molecule has 1 aliphatic heterocycles. The summed E-state index contributed by atoms with van der Waals surface area (Å²) >= 11 is 0. The maximum absolute atomic E-state index is 12.4. The molecule has 100 valence electrons. The van der Waals surface area contributed by atoms with Gasteiger partial charge in [0.25, 0.3) is 0 Å². The van der Waals surface area contributed by atoms with Gasteiger partial charge in [0.1, 0.15) is 0 Å². The van der Waals surface area contributed by atoms with Crippen LogP contribution < -0.4 is 5.32 Å². The molecule has 0 radical (unpaired) electrons. The number of halogens is 1. The maximum Gasteiger partial charge on any atom is 0.228 e. The van der Waals surface area contributed by atoms with Crippen molar-refractivity contribution in [3.05, 3.63) is 0 Å². The summed E-state index contributed by atoms with van der Waals surface area (Å²) < 4.78 is 0. The molecular formula is C13H25ClN2O. The highest BCUT2D eigenvalue weighted by Crippen LogP contribution is 2.50. The monoisotopic (exact) mass is 260 g/mol. The normalized spacial score (nSPS) is 26.2. The maximum atomic E-state index is 12.4. The van der Waals surface area contributed by atoms with E-state index in [1.54, 1.807) is 0 Å². The van der Waals surface area contributed by atoms with Gasteiger partial charge >= 0.3 is 0 Å². The van der Waals surface area contributed by atoms with Crippen LogP contribution in [0.25, 0.3) is 0 Å². The van der Waals surface area contributed by atoms with Gasteiger partial charge in [0, 0.05) is 18.5 Å². The second-order valence-electron chi connectivity index (χ2n) is 5.45. The SMILES string of the molecule is CCC1(C(=O)N2CCCC(CNC)C2)CC1.Cl. The van der Waals surface area contributed by atoms with Gasteiger partial charge < -0.3 is 10.2 Å². The van der Waals surface area contributed by atoms with Crippen molar-refractivity contribution in [3.8, 4) is 0 Å². The summed E-state index contributed by atoms with van der Waals surface area (Å²) in [5.74, 6) is 1.10. The molecule has 3 nitrogen and oxygen atoms in total. The summed E-state index contributed by atoms with van der Waals surface area (Å²) in [4.78, 5) is 14.5. The number of carbonyl (C=O) groups is 1. The smallest absolute Gasteiger partial charge is 0.228 e. The summed E-state index contributed by atoms with van der Waals surface area (Å²) in [6.45, 7) is 5.16. The fourth-order valence-electron chi connectivity index (χ4n) is 2.91. The molecule has 1 aliphatic carbocycles. The Labute approximate surface area is 111 Å². The second kappa shape index (κ2) is 6.05. The van der Waals surface area contributed by atoms with Gasteiger partial charge in [-0.05, 0) is 51.6 Å². The summed E-state index contributed by atoms with van der Waals surface area (Å²) in [6, 6.07) is 0. The van der Waals surface area contributed by atoms with Crippen molar-refractivity contribution >= 4 is 18.3 Å². The molecule has 1 N–H and O–H groups in total. The van der Waals surface area contributed by atoms with E-state index in [1.165, 1.54) is 12.8 Å². The van der Waals surface area contributed by atoms with E-state index >= 15 is 0 Å². The Hall–Kier alpha value is -0.280. The summed E-state index contributed by atoms with van der Waals surface area (Å²) in [7, 11) is 2.00. The van der Waals surface area contributed by atoms with Gasteiger partial charge in [0.2, 0.25) is 5.91 Å². The number of hydrogen-bond donors (Lipinski definition) is 1. The van der Waals surface area contributed by atoms with Gasteiger partial charge in [-0.1, -0.05) is 6.92 Å². The summed E-state index contributed by atoms with van der Waals surface area (Å²) in [6.07, 6.45) is 5.71. The lowest BCUT2D eigenvalue weighted by Crippen LogP contribution is -2.45. The lowest BCUT2D eigenvalue weighted by atomic mass is 9.94. The van der Waals surface area contributed by atoms with Crippen molar-refractivity contribution in [2.75, 3.05) is 26.7 Å². The van der Waals surface area contributed by atoms with Crippen molar-refractivity contribution in [2.24, 2.45) is 11.3 Å². The molecule has 1 saturated carbocycles. The molecule has 2 fully saturated rings. The molecule has 0 aromatic carbocycles. The third-order valence-corrected chi connectivity index (χ3v) is 4.28. The molecule has 0 spiro atoms. The van der Waals surface area contributed by atoms with Crippen LogP contribution in [0.1, 0.15) is 39.0 Å². The third-order valence-electron chi connectivity index (χ3n) is 4.28. The largest absolute Gasteiger partial charge is 0.342 e. The molecule has 4 heteroatoms. The number of rotatable bonds is 4. The Morgan fingerprint density at radius 2 is 2.18 bits per heavy atom. The van der Waals surface area contributed by atoms with E-state index in [2.05, 4.69) is 17.1 Å². The van der Waals surface area contributed by atoms with E-state index in [4.69, 9.17) is 0 Å². The van der Waals surface area contributed by atoms with E-state index in [1.807, 2.05) is 7.05 Å². The molecule has 0 aromatic heterocycles. The fraction of sp³-hybridized carbons (Fsp3) is 0.923. The van der Waals surface area contributed by atoms with Crippen molar-refractivity contribution in [1.29, 1.82) is 0 Å². The van der Waals surface area contributed by atoms with Crippen LogP contribution in [0.5, 0.6) is 0 Å². The van der Waals surface area contributed by atoms with Crippen LogP contribution in [0.15, 0.2) is 0 Å². The van der Waals surface area contributed by atoms with Crippen LogP contribution in [-0.2, 0) is 4.79 Å². The van der Waals surface area contributed by atoms with E-state index in [0.717, 1.165) is 38.9 Å². The van der Waals surface area contributed by atoms with Gasteiger partial charge in [0.15, 0.2) is 0 Å². The summed E-state index contributed by atoms with van der Waals surface area (Å²) in [5, 5.41) is 3.23. The zero-order valence-corrected chi connectivity index (χ0v) is 11.8. The molecule has 17 heavy (non-hydrogen) atoms. The first-order valence-electron chi connectivity index (χ1n) is 6.66. The second-order valence-corrected chi connectivity index (χ2v) is 5.45. The number of amides is 1. The molecule has 1 unspecified atom stereocenters. The van der Waals surface area contributed by atoms with E-state index in [0.29, 0.717) is 11.8 Å². The topological polar surface area (TPSA) is 32.3 Å². The van der Waals surface area contributed by atoms with Crippen LogP contribution in [0.3, 0.4) is 0 Å². The highest BCUT2D eigenvalue weighted by atomic mass is 35.5. The first-order chi connectivity index (χ1) is 7.72. The molecule has 0 bridgehead atoms. The quantitative estimate of drug-likeness (QED) is 0.839. The predicted molar refractivity (Wildman–Crippen MR) is 72.4 cm³/mol. The standard InChI is InChI=1S/C13H24N2O.ClH/c1-3-13(6-7-13)12(16)15-8-4-5-11(10-15)9-14-2;/h11,14H,3-10H2,1-2H3;1H. The predicted octanol–water partition coefficient (Wildman–Crippen LogP) is 2.06. The van der Waals surface area contributed by atoms with E-state index < -0.39 is 0 Å². The number of hydrogen-bond acceptors (Lipinski definition) is 2. The number of piperidine rings is 1. The highest BCUT2D eigenvalue weighted by molar-refractivity contribution is 5.85. The minimum Gasteiger partial charge on any atom is -0.342 e. The van der Waals surface area contributed by atoms with E-state index in [-0.39, 0.29) is 17.8 Å². The number of likely N-dealkylation sites (tertiary alicyclic amines) is 1. The molecule has 0 aromatic rings. The lowest BCUT2D eigenvalue weighted by Gasteiger charge is -2.35. The number of carbonyl (C=O) groups excluding carboxylic acids is 1. The molecule has 1 atom stereocenters. The molecule has 2 aliphatic rings. The van der Waals surface area contributed by atoms with Crippen LogP contribution in [0.2, 0.25) is 0 Å². The first-order valence-corrected chi connectivity index (χ1v) is 6.66. The fourth-order valence-corrected chi connectivity index (χ4v) is 2.91. The molecule has 1 saturated heterocycles. The third kappa shape index (κ3) is 3.14. The van der Waals surface area contributed by atoms with Gasteiger partial charge in [-0.3, -0.25) is 4.79 Å². The Morgan fingerprint density at radius 1 is 1.47 bits per heavy atom. The minimum absolute atomic E-state index is 0. The van der Waals surface area contributed by atoms with Crippen molar-refractivity contribution in [2.45, 2.75) is 39.0 Å². The van der Waals surface area contributed by atoms with Crippen LogP contribution >= 0.6 is 12.4 Å². The van der Waals surface area contributed by atoms with Crippen LogP contribution in [0, 0.1) is 11.3 Å². The van der Waals surface area contributed by atoms with Crippen molar-refractivity contribution in [3.63, 3.8) is 0 Å². The minimum atomic E-state index is 0. The highest BCUT2D eigenvalue weighted by Gasteiger charge is 2.50. The number of nitrogens with zero attached hydrogens (tertiary/aromatic N) is 1. The van der Waals surface area contributed by atoms with Gasteiger partial charge in [-0.15, -0.1) is 12.4 Å². The first kappa shape index (κ1) is 14.8. The van der Waals surface area contributed by atoms with Crippen LogP contribution in [0.4, 0.5) is 0 Å². The van der Waals surface area contributed by atoms with E-state index in [9.17, 15) is 4.79 Å². The Kier molecular flexibility index (Phi) is 5.26. The van der Waals surface area contributed by atoms with Gasteiger partial charge in [-0.25, -0.2) is 0 Å². The average Bonchev–Trinajstić information content (AvgIpc) is 3.10. The van der Waals surface area contributed by atoms with Crippen LogP contribution in [-0.4, -0.2) is 37.5 Å². The Bertz CT molecular complexity index is 264. The van der Waals surface area contributed by atoms with Crippen molar-refractivity contribution in [1.82, 2.24) is 10.2 Å². The molecule has 2 rings (SSSR count). The number of nitrogens with one attached hydrogen (secondary N) is 1. The Balaban J connectivity index is 0.00000144. The Morgan fingerprint density at radius 3 is 2.71 bits per heavy atom. The zero-order chi connectivity index (χ0) is 11.6. The molecule has 1 amide bonds. The van der Waals surface area contributed by atoms with Gasteiger partial charge in [-0.2, -0.15) is 0 Å². The summed E-state index contributed by atoms with van der Waals surface area (Å²) in [5.41, 5.74) is 0.0571. The average molecular weight is 261 g/mol. The zero-order valence-electron chi connectivity index (χ0n) is 11.0. The van der Waals surface area contributed by atoms with Crippen molar-refractivity contribution < 1.29 is 4.79 Å². The lowest BCUT2D eigenvalue weighted by molar-refractivity contribution is -0.139. The molecular weight excluding hydrogens is 236 g/mol. The molecule has 1 heterocycles. The van der Waals surface area contributed by atoms with Gasteiger partial charge in [0.05, 0.1) is 0 Å².